The van der Waals surface area contributed by atoms with Gasteiger partial charge in [0.15, 0.2) is 5.17 Å². The average molecular weight is 452 g/mol. The molecule has 0 bridgehead atoms. The minimum atomic E-state index is -4.21. The second kappa shape index (κ2) is 8.29. The zero-order valence-corrected chi connectivity index (χ0v) is 17.7. The van der Waals surface area contributed by atoms with Gasteiger partial charge in [-0.15, -0.1) is 0 Å². The summed E-state index contributed by atoms with van der Waals surface area (Å²) in [6.07, 6.45) is 1.56. The molecule has 0 atom stereocenters. The lowest BCUT2D eigenvalue weighted by Gasteiger charge is -2.16. The van der Waals surface area contributed by atoms with Gasteiger partial charge < -0.3 is 10.8 Å². The van der Waals surface area contributed by atoms with Crippen LogP contribution in [0.1, 0.15) is 5.56 Å². The number of carbonyl (C=O) groups is 1. The van der Waals surface area contributed by atoms with Gasteiger partial charge in [0, 0.05) is 5.69 Å². The lowest BCUT2D eigenvalue weighted by molar-refractivity contribution is -0.119. The number of anilines is 1. The first-order valence-electron chi connectivity index (χ1n) is 9.12. The molecule has 1 amide bonds. The molecular formula is C22H17N3O4S2. The van der Waals surface area contributed by atoms with Crippen molar-refractivity contribution in [3.05, 3.63) is 89.3 Å². The van der Waals surface area contributed by atoms with E-state index in [0.717, 1.165) is 11.8 Å². The molecule has 0 spiro atoms. The Morgan fingerprint density at radius 3 is 2.23 bits per heavy atom. The van der Waals surface area contributed by atoms with Crippen LogP contribution in [0.2, 0.25) is 0 Å². The topological polar surface area (TPSA) is 113 Å². The van der Waals surface area contributed by atoms with Crippen molar-refractivity contribution in [2.75, 3.05) is 5.73 Å². The van der Waals surface area contributed by atoms with Crippen LogP contribution in [0.5, 0.6) is 5.75 Å². The largest absolute Gasteiger partial charge is 0.508 e. The zero-order chi connectivity index (χ0) is 22.0. The van der Waals surface area contributed by atoms with Crippen LogP contribution in [0.4, 0.5) is 11.4 Å². The summed E-state index contributed by atoms with van der Waals surface area (Å²) in [5, 5.41) is 9.49. The average Bonchev–Trinajstić information content (AvgIpc) is 3.06. The Hall–Kier alpha value is -3.56. The van der Waals surface area contributed by atoms with Gasteiger partial charge >= 0.3 is 0 Å². The standard InChI is InChI=1S/C22H17N3O4S2/c23-16-8-12-19(13-9-16)31(28,29)25-21(27)20(14-15-6-10-18(26)11-7-15)30-22(25)24-17-4-2-1-3-5-17/h1-14,26H,23H2/b20-14+,24-22?. The Morgan fingerprint density at radius 2 is 1.58 bits per heavy atom. The van der Waals surface area contributed by atoms with E-state index in [2.05, 4.69) is 4.99 Å². The van der Waals surface area contributed by atoms with Crippen LogP contribution < -0.4 is 5.73 Å². The highest BCUT2D eigenvalue weighted by Gasteiger charge is 2.42. The molecule has 1 heterocycles. The summed E-state index contributed by atoms with van der Waals surface area (Å²) in [5.41, 5.74) is 7.23. The number of phenols is 1. The molecule has 0 aromatic heterocycles. The van der Waals surface area contributed by atoms with Crippen molar-refractivity contribution in [2.24, 2.45) is 4.99 Å². The van der Waals surface area contributed by atoms with Gasteiger partial charge in [-0.25, -0.2) is 13.4 Å². The van der Waals surface area contributed by atoms with Gasteiger partial charge in [-0.05, 0) is 71.9 Å². The van der Waals surface area contributed by atoms with Gasteiger partial charge in [0.2, 0.25) is 0 Å². The first kappa shape index (κ1) is 20.7. The van der Waals surface area contributed by atoms with Crippen molar-refractivity contribution in [1.29, 1.82) is 0 Å². The van der Waals surface area contributed by atoms with E-state index in [1.54, 1.807) is 42.5 Å². The summed E-state index contributed by atoms with van der Waals surface area (Å²) in [4.78, 5) is 17.7. The van der Waals surface area contributed by atoms with Crippen LogP contribution in [-0.2, 0) is 14.8 Å². The number of carbonyl (C=O) groups excluding carboxylic acids is 1. The normalized spacial score (nSPS) is 16.9. The monoisotopic (exact) mass is 451 g/mol. The number of aromatic hydroxyl groups is 1. The molecule has 1 saturated heterocycles. The van der Waals surface area contributed by atoms with Crippen molar-refractivity contribution >= 4 is 50.3 Å². The smallest absolute Gasteiger partial charge is 0.280 e. The third-order valence-corrected chi connectivity index (χ3v) is 7.13. The lowest BCUT2D eigenvalue weighted by atomic mass is 10.2. The Morgan fingerprint density at radius 1 is 0.935 bits per heavy atom. The Labute approximate surface area is 183 Å². The fourth-order valence-electron chi connectivity index (χ4n) is 2.82. The second-order valence-electron chi connectivity index (χ2n) is 6.58. The van der Waals surface area contributed by atoms with Crippen LogP contribution in [-0.4, -0.2) is 28.9 Å². The molecule has 0 aliphatic carbocycles. The summed E-state index contributed by atoms with van der Waals surface area (Å²) in [7, 11) is -4.21. The highest BCUT2D eigenvalue weighted by Crippen LogP contribution is 2.37. The molecule has 3 aromatic carbocycles. The number of sulfonamides is 1. The van der Waals surface area contributed by atoms with Crippen LogP contribution in [0.15, 0.2) is 93.7 Å². The van der Waals surface area contributed by atoms with E-state index in [0.29, 0.717) is 21.2 Å². The highest BCUT2D eigenvalue weighted by atomic mass is 32.2. The number of amides is 1. The number of thioether (sulfide) groups is 1. The summed E-state index contributed by atoms with van der Waals surface area (Å²) >= 11 is 0.967. The van der Waals surface area contributed by atoms with Crippen molar-refractivity contribution in [3.8, 4) is 5.75 Å². The van der Waals surface area contributed by atoms with E-state index in [-0.39, 0.29) is 20.7 Å². The highest BCUT2D eigenvalue weighted by molar-refractivity contribution is 8.20. The van der Waals surface area contributed by atoms with E-state index in [9.17, 15) is 18.3 Å². The molecule has 31 heavy (non-hydrogen) atoms. The number of rotatable bonds is 4. The summed E-state index contributed by atoms with van der Waals surface area (Å²) in [6.45, 7) is 0. The third-order valence-electron chi connectivity index (χ3n) is 4.36. The summed E-state index contributed by atoms with van der Waals surface area (Å²) < 4.78 is 27.3. The number of phenolic OH excluding ortho intramolecular Hbond substituents is 1. The minimum Gasteiger partial charge on any atom is -0.508 e. The maximum atomic E-state index is 13.3. The summed E-state index contributed by atoms with van der Waals surface area (Å²) in [6, 6.07) is 20.6. The van der Waals surface area contributed by atoms with E-state index in [4.69, 9.17) is 5.73 Å². The lowest BCUT2D eigenvalue weighted by Crippen LogP contribution is -2.35. The van der Waals surface area contributed by atoms with Gasteiger partial charge in [-0.1, -0.05) is 30.3 Å². The van der Waals surface area contributed by atoms with E-state index in [1.807, 2.05) is 6.07 Å². The van der Waals surface area contributed by atoms with Crippen molar-refractivity contribution in [1.82, 2.24) is 4.31 Å². The first-order valence-corrected chi connectivity index (χ1v) is 11.4. The predicted molar refractivity (Wildman–Crippen MR) is 122 cm³/mol. The van der Waals surface area contributed by atoms with Crippen molar-refractivity contribution in [2.45, 2.75) is 4.90 Å². The molecular weight excluding hydrogens is 434 g/mol. The molecule has 0 saturated carbocycles. The Bertz CT molecular complexity index is 1280. The molecule has 7 nitrogen and oxygen atoms in total. The third kappa shape index (κ3) is 4.32. The van der Waals surface area contributed by atoms with Crippen LogP contribution >= 0.6 is 11.8 Å². The molecule has 3 aromatic rings. The molecule has 0 radical (unpaired) electrons. The van der Waals surface area contributed by atoms with Gasteiger partial charge in [-0.3, -0.25) is 4.79 Å². The number of aliphatic imine (C=N–C) groups is 1. The zero-order valence-electron chi connectivity index (χ0n) is 16.0. The van der Waals surface area contributed by atoms with Crippen LogP contribution in [0.25, 0.3) is 6.08 Å². The summed E-state index contributed by atoms with van der Waals surface area (Å²) in [5.74, 6) is -0.615. The number of para-hydroxylation sites is 1. The quantitative estimate of drug-likeness (QED) is 0.458. The van der Waals surface area contributed by atoms with Crippen molar-refractivity contribution < 1.29 is 18.3 Å². The molecule has 9 heteroatoms. The molecule has 3 N–H and O–H groups in total. The number of hydrogen-bond acceptors (Lipinski definition) is 7. The first-order chi connectivity index (χ1) is 14.8. The fraction of sp³-hybridized carbons (Fsp3) is 0. The number of nitrogens with two attached hydrogens (primary N) is 1. The maximum Gasteiger partial charge on any atom is 0.280 e. The number of benzene rings is 3. The number of hydrogen-bond donors (Lipinski definition) is 2. The van der Waals surface area contributed by atoms with Gasteiger partial charge in [0.1, 0.15) is 5.75 Å². The number of nitrogen functional groups attached to an aromatic ring is 1. The molecule has 1 fully saturated rings. The van der Waals surface area contributed by atoms with Crippen LogP contribution in [0, 0.1) is 0 Å². The van der Waals surface area contributed by atoms with E-state index >= 15 is 0 Å². The Balaban J connectivity index is 1.81. The number of nitrogens with zero attached hydrogens (tertiary/aromatic N) is 2. The second-order valence-corrected chi connectivity index (χ2v) is 9.37. The molecule has 0 unspecified atom stereocenters. The molecule has 1 aliphatic rings. The SMILES string of the molecule is Nc1ccc(S(=O)(=O)N2C(=O)/C(=C\c3ccc(O)cc3)SC2=Nc2ccccc2)cc1. The van der Waals surface area contributed by atoms with Crippen molar-refractivity contribution in [3.63, 3.8) is 0 Å². The van der Waals surface area contributed by atoms with Gasteiger partial charge in [-0.2, -0.15) is 4.31 Å². The number of amidine groups is 1. The molecule has 156 valence electrons. The molecule has 4 rings (SSSR count). The van der Waals surface area contributed by atoms with Crippen LogP contribution in [0.3, 0.4) is 0 Å². The van der Waals surface area contributed by atoms with Gasteiger partial charge in [0.25, 0.3) is 15.9 Å². The fourth-order valence-corrected chi connectivity index (χ4v) is 5.43. The van der Waals surface area contributed by atoms with E-state index < -0.39 is 15.9 Å². The predicted octanol–water partition coefficient (Wildman–Crippen LogP) is 3.97. The molecule has 1 aliphatic heterocycles. The van der Waals surface area contributed by atoms with E-state index in [1.165, 1.54) is 36.4 Å². The minimum absolute atomic E-state index is 0.0260. The maximum absolute atomic E-state index is 13.3. The Kier molecular flexibility index (Phi) is 5.53. The van der Waals surface area contributed by atoms with Gasteiger partial charge in [0.05, 0.1) is 15.5 Å².